The van der Waals surface area contributed by atoms with E-state index in [1.807, 2.05) is 39.1 Å². The van der Waals surface area contributed by atoms with Crippen molar-refractivity contribution in [2.75, 3.05) is 45.3 Å². The lowest BCUT2D eigenvalue weighted by atomic mass is 10.1. The average Bonchev–Trinajstić information content (AvgIpc) is 3.47. The largest absolute Gasteiger partial charge is 0.493 e. The lowest BCUT2D eigenvalue weighted by Crippen LogP contribution is -2.49. The summed E-state index contributed by atoms with van der Waals surface area (Å²) in [6.45, 7) is 7.44. The Balaban J connectivity index is 1.28. The Labute approximate surface area is 209 Å². The fraction of sp³-hybridized carbons (Fsp3) is 0.333. The highest BCUT2D eigenvalue weighted by Crippen LogP contribution is 2.33. The molecule has 0 N–H and O–H groups in total. The van der Waals surface area contributed by atoms with Crippen molar-refractivity contribution in [3.05, 3.63) is 64.8 Å². The highest BCUT2D eigenvalue weighted by atomic mass is 32.1. The summed E-state index contributed by atoms with van der Waals surface area (Å²) in [4.78, 5) is 23.2. The number of methoxy groups -OCH3 is 2. The number of imidazole rings is 1. The molecular weight excluding hydrogens is 460 g/mol. The summed E-state index contributed by atoms with van der Waals surface area (Å²) in [7, 11) is 3.25. The zero-order chi connectivity index (χ0) is 24.5. The molecule has 5 rings (SSSR count). The molecule has 1 saturated heterocycles. The molecule has 3 heterocycles. The van der Waals surface area contributed by atoms with Gasteiger partial charge in [-0.1, -0.05) is 12.1 Å². The van der Waals surface area contributed by atoms with Gasteiger partial charge in [0.05, 0.1) is 26.3 Å². The van der Waals surface area contributed by atoms with Gasteiger partial charge in [0.25, 0.3) is 0 Å². The summed E-state index contributed by atoms with van der Waals surface area (Å²) in [5, 5.41) is 2.03. The topological polar surface area (TPSA) is 59.3 Å². The summed E-state index contributed by atoms with van der Waals surface area (Å²) in [6, 6.07) is 12.3. The third-order valence-electron chi connectivity index (χ3n) is 6.63. The molecule has 1 aliphatic rings. The predicted molar refractivity (Wildman–Crippen MR) is 140 cm³/mol. The van der Waals surface area contributed by atoms with Gasteiger partial charge < -0.3 is 19.3 Å². The summed E-state index contributed by atoms with van der Waals surface area (Å²) in [6.07, 6.45) is 2.36. The number of hydrogen-bond acceptors (Lipinski definition) is 6. The zero-order valence-electron chi connectivity index (χ0n) is 20.6. The maximum atomic E-state index is 13.2. The van der Waals surface area contributed by atoms with E-state index in [-0.39, 0.29) is 5.91 Å². The van der Waals surface area contributed by atoms with Crippen molar-refractivity contribution in [3.8, 4) is 22.8 Å². The number of benzene rings is 2. The van der Waals surface area contributed by atoms with Crippen LogP contribution in [0.1, 0.15) is 16.8 Å². The van der Waals surface area contributed by atoms with E-state index in [1.165, 1.54) is 16.8 Å². The molecule has 0 aliphatic carbocycles. The van der Waals surface area contributed by atoms with Crippen molar-refractivity contribution in [2.45, 2.75) is 20.3 Å². The van der Waals surface area contributed by atoms with Gasteiger partial charge in [-0.25, -0.2) is 4.98 Å². The highest BCUT2D eigenvalue weighted by molar-refractivity contribution is 7.15. The van der Waals surface area contributed by atoms with Gasteiger partial charge in [0, 0.05) is 54.7 Å². The normalized spacial score (nSPS) is 13.9. The van der Waals surface area contributed by atoms with Gasteiger partial charge in [-0.15, -0.1) is 11.3 Å². The van der Waals surface area contributed by atoms with Crippen LogP contribution < -0.4 is 14.4 Å². The molecule has 0 bridgehead atoms. The van der Waals surface area contributed by atoms with Crippen molar-refractivity contribution < 1.29 is 14.3 Å². The molecular formula is C27H30N4O3S. The first kappa shape index (κ1) is 23.2. The predicted octanol–water partition coefficient (Wildman–Crippen LogP) is 4.59. The number of carbonyl (C=O) groups excluding carboxylic acids is 1. The number of anilines is 1. The average molecular weight is 491 g/mol. The second kappa shape index (κ2) is 9.62. The Bertz CT molecular complexity index is 1370. The molecule has 1 aliphatic heterocycles. The van der Waals surface area contributed by atoms with Gasteiger partial charge in [0.2, 0.25) is 5.91 Å². The number of hydrogen-bond donors (Lipinski definition) is 0. The molecule has 4 aromatic rings. The second-order valence-corrected chi connectivity index (χ2v) is 9.75. The monoisotopic (exact) mass is 490 g/mol. The third kappa shape index (κ3) is 4.58. The van der Waals surface area contributed by atoms with Crippen LogP contribution in [0.15, 0.2) is 48.0 Å². The molecule has 1 fully saturated rings. The number of piperazine rings is 1. The van der Waals surface area contributed by atoms with Gasteiger partial charge in [-0.3, -0.25) is 9.20 Å². The number of amides is 1. The van der Waals surface area contributed by atoms with Crippen LogP contribution in [0.2, 0.25) is 0 Å². The van der Waals surface area contributed by atoms with E-state index >= 15 is 0 Å². The van der Waals surface area contributed by atoms with E-state index < -0.39 is 0 Å². The van der Waals surface area contributed by atoms with Gasteiger partial charge in [-0.2, -0.15) is 0 Å². The highest BCUT2D eigenvalue weighted by Gasteiger charge is 2.23. The maximum Gasteiger partial charge on any atom is 0.228 e. The van der Waals surface area contributed by atoms with E-state index in [9.17, 15) is 4.79 Å². The molecule has 0 spiro atoms. The van der Waals surface area contributed by atoms with Gasteiger partial charge in [-0.05, 0) is 49.2 Å². The summed E-state index contributed by atoms with van der Waals surface area (Å²) in [5.74, 6) is 1.50. The van der Waals surface area contributed by atoms with E-state index in [2.05, 4.69) is 36.9 Å². The lowest BCUT2D eigenvalue weighted by molar-refractivity contribution is -0.130. The van der Waals surface area contributed by atoms with Crippen LogP contribution in [0.4, 0.5) is 5.69 Å². The number of aryl methyl sites for hydroxylation is 2. The van der Waals surface area contributed by atoms with E-state index in [4.69, 9.17) is 14.5 Å². The number of ether oxygens (including phenoxy) is 2. The van der Waals surface area contributed by atoms with Crippen LogP contribution in [0, 0.1) is 13.8 Å². The van der Waals surface area contributed by atoms with Crippen LogP contribution in [-0.4, -0.2) is 60.6 Å². The minimum atomic E-state index is 0.159. The number of thiazole rings is 1. The Morgan fingerprint density at radius 1 is 1.00 bits per heavy atom. The maximum absolute atomic E-state index is 13.2. The SMILES string of the molecule is COc1ccc(-c2cn3c(CC(=O)N4CCN(c5cc(C)ccc5C)CC4)csc3n2)cc1OC. The Morgan fingerprint density at radius 3 is 2.51 bits per heavy atom. The number of aromatic nitrogens is 2. The molecule has 35 heavy (non-hydrogen) atoms. The number of carbonyl (C=O) groups is 1. The summed E-state index contributed by atoms with van der Waals surface area (Å²) in [5.41, 5.74) is 6.57. The van der Waals surface area contributed by atoms with Crippen LogP contribution in [0.5, 0.6) is 11.5 Å². The van der Waals surface area contributed by atoms with Gasteiger partial charge in [0.15, 0.2) is 16.5 Å². The molecule has 2 aromatic carbocycles. The van der Waals surface area contributed by atoms with Crippen LogP contribution in [0.25, 0.3) is 16.2 Å². The molecule has 0 saturated carbocycles. The smallest absolute Gasteiger partial charge is 0.228 e. The Hall–Kier alpha value is -3.52. The van der Waals surface area contributed by atoms with E-state index in [0.29, 0.717) is 17.9 Å². The van der Waals surface area contributed by atoms with Crippen molar-refractivity contribution in [3.63, 3.8) is 0 Å². The van der Waals surface area contributed by atoms with Crippen LogP contribution >= 0.6 is 11.3 Å². The van der Waals surface area contributed by atoms with Crippen LogP contribution in [0.3, 0.4) is 0 Å². The molecule has 0 atom stereocenters. The molecule has 0 unspecified atom stereocenters. The molecule has 8 heteroatoms. The first-order valence-electron chi connectivity index (χ1n) is 11.7. The first-order chi connectivity index (χ1) is 17.0. The summed E-state index contributed by atoms with van der Waals surface area (Å²) >= 11 is 1.55. The van der Waals surface area contributed by atoms with Gasteiger partial charge in [0.1, 0.15) is 0 Å². The Morgan fingerprint density at radius 2 is 1.77 bits per heavy atom. The standard InChI is InChI=1S/C27H30N4O3S/c1-18-5-6-19(2)23(13-18)29-9-11-30(12-10-29)26(32)15-21-17-35-27-28-22(16-31(21)27)20-7-8-24(33-3)25(14-20)34-4/h5-8,13-14,16-17H,9-12,15H2,1-4H3. The minimum Gasteiger partial charge on any atom is -0.493 e. The minimum absolute atomic E-state index is 0.159. The number of fused-ring (bicyclic) bond motifs is 1. The zero-order valence-corrected chi connectivity index (χ0v) is 21.4. The fourth-order valence-electron chi connectivity index (χ4n) is 4.61. The number of nitrogens with zero attached hydrogens (tertiary/aromatic N) is 4. The quantitative estimate of drug-likeness (QED) is 0.396. The van der Waals surface area contributed by atoms with Crippen molar-refractivity contribution in [1.82, 2.24) is 14.3 Å². The first-order valence-corrected chi connectivity index (χ1v) is 12.6. The lowest BCUT2D eigenvalue weighted by Gasteiger charge is -2.37. The Kier molecular flexibility index (Phi) is 6.38. The fourth-order valence-corrected chi connectivity index (χ4v) is 5.49. The van der Waals surface area contributed by atoms with Crippen molar-refractivity contribution in [2.24, 2.45) is 0 Å². The van der Waals surface area contributed by atoms with E-state index in [0.717, 1.165) is 48.1 Å². The van der Waals surface area contributed by atoms with Gasteiger partial charge >= 0.3 is 0 Å². The molecule has 2 aromatic heterocycles. The van der Waals surface area contributed by atoms with Crippen molar-refractivity contribution >= 4 is 27.9 Å². The van der Waals surface area contributed by atoms with E-state index in [1.54, 1.807) is 25.6 Å². The molecule has 0 radical (unpaired) electrons. The van der Waals surface area contributed by atoms with Crippen molar-refractivity contribution in [1.29, 1.82) is 0 Å². The van der Waals surface area contributed by atoms with Crippen LogP contribution in [-0.2, 0) is 11.2 Å². The number of rotatable bonds is 6. The molecule has 1 amide bonds. The second-order valence-electron chi connectivity index (χ2n) is 8.91. The third-order valence-corrected chi connectivity index (χ3v) is 7.52. The molecule has 182 valence electrons. The molecule has 7 nitrogen and oxygen atoms in total. The summed E-state index contributed by atoms with van der Waals surface area (Å²) < 4.78 is 12.8.